The van der Waals surface area contributed by atoms with E-state index in [2.05, 4.69) is 12.2 Å². The predicted molar refractivity (Wildman–Crippen MR) is 81.3 cm³/mol. The van der Waals surface area contributed by atoms with Gasteiger partial charge in [-0.3, -0.25) is 4.79 Å². The first-order valence-corrected chi connectivity index (χ1v) is 8.33. The third-order valence-corrected chi connectivity index (χ3v) is 3.93. The lowest BCUT2D eigenvalue weighted by atomic mass is 10.1. The Balaban J connectivity index is 1.86. The molecule has 1 aliphatic heterocycles. The monoisotopic (exact) mass is 268 g/mol. The number of hydrogen-bond acceptors (Lipinski definition) is 2. The molecule has 0 aromatic carbocycles. The minimum atomic E-state index is 0.343. The predicted octanol–water partition coefficient (Wildman–Crippen LogP) is 3.34. The summed E-state index contributed by atoms with van der Waals surface area (Å²) in [5, 5.41) is 3.40. The van der Waals surface area contributed by atoms with Gasteiger partial charge in [0.2, 0.25) is 5.91 Å². The van der Waals surface area contributed by atoms with Crippen LogP contribution < -0.4 is 5.32 Å². The zero-order valence-corrected chi connectivity index (χ0v) is 12.8. The summed E-state index contributed by atoms with van der Waals surface area (Å²) in [6, 6.07) is 0. The van der Waals surface area contributed by atoms with E-state index in [0.29, 0.717) is 12.3 Å². The van der Waals surface area contributed by atoms with Gasteiger partial charge in [-0.1, -0.05) is 39.0 Å². The lowest BCUT2D eigenvalue weighted by Crippen LogP contribution is -2.37. The Morgan fingerprint density at radius 1 is 0.947 bits per heavy atom. The fraction of sp³-hybridized carbons (Fsp3) is 0.938. The van der Waals surface area contributed by atoms with Crippen LogP contribution in [0.4, 0.5) is 0 Å². The molecular formula is C16H32N2O. The molecule has 0 radical (unpaired) electrons. The van der Waals surface area contributed by atoms with Crippen LogP contribution in [0.1, 0.15) is 71.1 Å². The number of piperidine rings is 1. The largest absolute Gasteiger partial charge is 0.343 e. The molecule has 0 saturated carbocycles. The number of carbonyl (C=O) groups is 1. The number of nitrogens with one attached hydrogen (secondary N) is 1. The Hall–Kier alpha value is -0.570. The number of rotatable bonds is 10. The smallest absolute Gasteiger partial charge is 0.223 e. The summed E-state index contributed by atoms with van der Waals surface area (Å²) in [7, 11) is 0. The van der Waals surface area contributed by atoms with Crippen LogP contribution in [0.5, 0.6) is 0 Å². The van der Waals surface area contributed by atoms with Crippen LogP contribution in [-0.2, 0) is 4.79 Å². The van der Waals surface area contributed by atoms with Crippen LogP contribution in [0, 0.1) is 0 Å². The topological polar surface area (TPSA) is 32.3 Å². The molecule has 1 saturated heterocycles. The molecule has 112 valence electrons. The van der Waals surface area contributed by atoms with Crippen LogP contribution in [0.3, 0.4) is 0 Å². The number of unbranched alkanes of at least 4 members (excludes halogenated alkanes) is 5. The molecule has 0 spiro atoms. The zero-order valence-electron chi connectivity index (χ0n) is 12.8. The molecule has 3 heteroatoms. The van der Waals surface area contributed by atoms with E-state index in [1.54, 1.807) is 0 Å². The number of nitrogens with zero attached hydrogens (tertiary/aromatic N) is 1. The van der Waals surface area contributed by atoms with E-state index in [1.165, 1.54) is 57.8 Å². The number of likely N-dealkylation sites (tertiary alicyclic amines) is 1. The van der Waals surface area contributed by atoms with Gasteiger partial charge in [0, 0.05) is 26.1 Å². The van der Waals surface area contributed by atoms with E-state index in [-0.39, 0.29) is 0 Å². The Morgan fingerprint density at radius 3 is 2.37 bits per heavy atom. The van der Waals surface area contributed by atoms with Crippen LogP contribution in [0.2, 0.25) is 0 Å². The molecule has 0 bridgehead atoms. The second-order valence-corrected chi connectivity index (χ2v) is 5.71. The van der Waals surface area contributed by atoms with Crippen molar-refractivity contribution in [1.29, 1.82) is 0 Å². The van der Waals surface area contributed by atoms with E-state index in [0.717, 1.165) is 26.2 Å². The molecule has 1 aliphatic rings. The summed E-state index contributed by atoms with van der Waals surface area (Å²) in [5.74, 6) is 0.343. The molecule has 1 fully saturated rings. The second-order valence-electron chi connectivity index (χ2n) is 5.71. The average molecular weight is 268 g/mol. The van der Waals surface area contributed by atoms with Gasteiger partial charge in [-0.05, 0) is 32.2 Å². The van der Waals surface area contributed by atoms with Gasteiger partial charge in [-0.2, -0.15) is 0 Å². The Morgan fingerprint density at radius 2 is 1.63 bits per heavy atom. The number of hydrogen-bond donors (Lipinski definition) is 1. The van der Waals surface area contributed by atoms with Crippen LogP contribution >= 0.6 is 0 Å². The SMILES string of the molecule is CCCCCCCCNCCC(=O)N1CCCCC1. The van der Waals surface area contributed by atoms with Gasteiger partial charge in [-0.15, -0.1) is 0 Å². The van der Waals surface area contributed by atoms with Crippen LogP contribution in [0.15, 0.2) is 0 Å². The molecular weight excluding hydrogens is 236 g/mol. The maximum atomic E-state index is 11.9. The summed E-state index contributed by atoms with van der Waals surface area (Å²) in [6.07, 6.45) is 12.4. The molecule has 1 amide bonds. The maximum absolute atomic E-state index is 11.9. The molecule has 1 N–H and O–H groups in total. The third-order valence-electron chi connectivity index (χ3n) is 3.93. The van der Waals surface area contributed by atoms with Gasteiger partial charge < -0.3 is 10.2 Å². The minimum absolute atomic E-state index is 0.343. The van der Waals surface area contributed by atoms with Gasteiger partial charge in [-0.25, -0.2) is 0 Å². The first kappa shape index (κ1) is 16.5. The molecule has 1 heterocycles. The fourth-order valence-electron chi connectivity index (χ4n) is 2.65. The summed E-state index contributed by atoms with van der Waals surface area (Å²) in [4.78, 5) is 13.9. The first-order valence-electron chi connectivity index (χ1n) is 8.33. The van der Waals surface area contributed by atoms with Crippen molar-refractivity contribution in [3.63, 3.8) is 0 Å². The van der Waals surface area contributed by atoms with E-state index in [4.69, 9.17) is 0 Å². The van der Waals surface area contributed by atoms with Crippen molar-refractivity contribution in [2.75, 3.05) is 26.2 Å². The van der Waals surface area contributed by atoms with Gasteiger partial charge in [0.15, 0.2) is 0 Å². The Kier molecular flexibility index (Phi) is 9.78. The number of amides is 1. The highest BCUT2D eigenvalue weighted by molar-refractivity contribution is 5.76. The zero-order chi connectivity index (χ0) is 13.8. The molecule has 3 nitrogen and oxygen atoms in total. The molecule has 0 unspecified atom stereocenters. The molecule has 1 rings (SSSR count). The number of carbonyl (C=O) groups excluding carboxylic acids is 1. The van der Waals surface area contributed by atoms with Crippen LogP contribution in [0.25, 0.3) is 0 Å². The normalized spacial score (nSPS) is 15.7. The molecule has 0 aromatic heterocycles. The van der Waals surface area contributed by atoms with Crippen molar-refractivity contribution in [1.82, 2.24) is 10.2 Å². The Bertz CT molecular complexity index is 225. The summed E-state index contributed by atoms with van der Waals surface area (Å²) in [6.45, 7) is 6.14. The highest BCUT2D eigenvalue weighted by atomic mass is 16.2. The van der Waals surface area contributed by atoms with E-state index in [9.17, 15) is 4.79 Å². The summed E-state index contributed by atoms with van der Waals surface area (Å²) in [5.41, 5.74) is 0. The van der Waals surface area contributed by atoms with Crippen molar-refractivity contribution in [3.8, 4) is 0 Å². The average Bonchev–Trinajstić information content (AvgIpc) is 2.46. The molecule has 0 aliphatic carbocycles. The third kappa shape index (κ3) is 8.25. The second kappa shape index (κ2) is 11.3. The summed E-state index contributed by atoms with van der Waals surface area (Å²) >= 11 is 0. The van der Waals surface area contributed by atoms with Crippen molar-refractivity contribution in [3.05, 3.63) is 0 Å². The lowest BCUT2D eigenvalue weighted by Gasteiger charge is -2.26. The van der Waals surface area contributed by atoms with Gasteiger partial charge >= 0.3 is 0 Å². The minimum Gasteiger partial charge on any atom is -0.343 e. The standard InChI is InChI=1S/C16H32N2O/c1-2-3-4-5-6-8-12-17-13-11-16(19)18-14-9-7-10-15-18/h17H,2-15H2,1H3. The highest BCUT2D eigenvalue weighted by Gasteiger charge is 2.15. The Labute approximate surface area is 119 Å². The van der Waals surface area contributed by atoms with Gasteiger partial charge in [0.1, 0.15) is 0 Å². The summed E-state index contributed by atoms with van der Waals surface area (Å²) < 4.78 is 0. The van der Waals surface area contributed by atoms with E-state index < -0.39 is 0 Å². The first-order chi connectivity index (χ1) is 9.34. The highest BCUT2D eigenvalue weighted by Crippen LogP contribution is 2.09. The molecule has 0 atom stereocenters. The van der Waals surface area contributed by atoms with Gasteiger partial charge in [0.25, 0.3) is 0 Å². The van der Waals surface area contributed by atoms with Crippen molar-refractivity contribution in [2.24, 2.45) is 0 Å². The van der Waals surface area contributed by atoms with Crippen LogP contribution in [-0.4, -0.2) is 37.0 Å². The molecule has 19 heavy (non-hydrogen) atoms. The quantitative estimate of drug-likeness (QED) is 0.616. The molecule has 0 aromatic rings. The van der Waals surface area contributed by atoms with Crippen molar-refractivity contribution in [2.45, 2.75) is 71.1 Å². The van der Waals surface area contributed by atoms with E-state index in [1.807, 2.05) is 4.90 Å². The van der Waals surface area contributed by atoms with E-state index >= 15 is 0 Å². The fourth-order valence-corrected chi connectivity index (χ4v) is 2.65. The lowest BCUT2D eigenvalue weighted by molar-refractivity contribution is -0.131. The maximum Gasteiger partial charge on any atom is 0.223 e. The van der Waals surface area contributed by atoms with Gasteiger partial charge in [0.05, 0.1) is 0 Å². The van der Waals surface area contributed by atoms with Crippen molar-refractivity contribution >= 4 is 5.91 Å². The van der Waals surface area contributed by atoms with Crippen molar-refractivity contribution < 1.29 is 4.79 Å².